The van der Waals surface area contributed by atoms with Gasteiger partial charge in [0.25, 0.3) is 0 Å². The smallest absolute Gasteiger partial charge is 0.123 e. The molecule has 0 aliphatic carbocycles. The summed E-state index contributed by atoms with van der Waals surface area (Å²) in [5.74, 6) is -0.891. The minimum atomic E-state index is -0.672. The lowest BCUT2D eigenvalue weighted by Crippen LogP contribution is -1.90. The molecule has 0 radical (unpaired) electrons. The molecule has 0 fully saturated rings. The maximum atomic E-state index is 13.6. The van der Waals surface area contributed by atoms with Gasteiger partial charge in [0, 0.05) is 33.3 Å². The average molecular weight is 322 g/mol. The van der Waals surface area contributed by atoms with Gasteiger partial charge >= 0.3 is 0 Å². The molecule has 0 amide bonds. The molecule has 0 bridgehead atoms. The van der Waals surface area contributed by atoms with Crippen LogP contribution in [0.15, 0.2) is 54.7 Å². The zero-order valence-electron chi connectivity index (χ0n) is 13.9. The highest BCUT2D eigenvalue weighted by Gasteiger charge is 2.12. The summed E-state index contributed by atoms with van der Waals surface area (Å²) in [6.07, 6.45) is 1.76. The second-order valence-electron chi connectivity index (χ2n) is 5.85. The van der Waals surface area contributed by atoms with Crippen LogP contribution >= 0.6 is 11.3 Å². The lowest BCUT2D eigenvalue weighted by Gasteiger charge is -2.08. The van der Waals surface area contributed by atoms with E-state index in [1.807, 2.05) is 50.2 Å². The summed E-state index contributed by atoms with van der Waals surface area (Å²) < 4.78 is 24.0. The molecule has 1 nitrogen and oxygen atoms in total. The Morgan fingerprint density at radius 1 is 1.09 bits per heavy atom. The average Bonchev–Trinajstić information content (AvgIpc) is 2.92. The highest BCUT2D eigenvalue weighted by molar-refractivity contribution is 7.26. The second kappa shape index (κ2) is 5.43. The second-order valence-corrected chi connectivity index (χ2v) is 6.91. The van der Waals surface area contributed by atoms with Crippen molar-refractivity contribution in [3.8, 4) is 11.3 Å². The predicted octanol–water partition coefficient (Wildman–Crippen LogP) is 6.38. The fourth-order valence-electron chi connectivity index (χ4n) is 2.86. The Bertz CT molecular complexity index is 1060. The van der Waals surface area contributed by atoms with Crippen LogP contribution in [0.25, 0.3) is 31.4 Å². The number of aromatic nitrogens is 1. The third-order valence-corrected chi connectivity index (χ3v) is 5.29. The quantitative estimate of drug-likeness (QED) is 0.417. The molecular formula is C20H16FNS. The van der Waals surface area contributed by atoms with Gasteiger partial charge in [0.05, 0.1) is 5.69 Å². The zero-order chi connectivity index (χ0) is 16.9. The van der Waals surface area contributed by atoms with Gasteiger partial charge in [0.1, 0.15) is 5.82 Å². The van der Waals surface area contributed by atoms with Gasteiger partial charge in [-0.1, -0.05) is 32.0 Å². The van der Waals surface area contributed by atoms with Crippen molar-refractivity contribution in [3.05, 3.63) is 66.1 Å². The number of halogens is 1. The molecule has 23 heavy (non-hydrogen) atoms. The van der Waals surface area contributed by atoms with Gasteiger partial charge < -0.3 is 0 Å². The number of pyridine rings is 1. The summed E-state index contributed by atoms with van der Waals surface area (Å²) in [6, 6.07) is 14.8. The topological polar surface area (TPSA) is 12.9 Å². The van der Waals surface area contributed by atoms with Crippen LogP contribution in [0.4, 0.5) is 4.39 Å². The summed E-state index contributed by atoms with van der Waals surface area (Å²) in [4.78, 5) is 4.51. The number of benzene rings is 2. The van der Waals surface area contributed by atoms with E-state index in [4.69, 9.17) is 1.37 Å². The first-order chi connectivity index (χ1) is 11.4. The van der Waals surface area contributed by atoms with E-state index in [9.17, 15) is 4.39 Å². The normalized spacial score (nSPS) is 12.7. The summed E-state index contributed by atoms with van der Waals surface area (Å²) in [5, 5.41) is 1.98. The maximum absolute atomic E-state index is 13.6. The van der Waals surface area contributed by atoms with Gasteiger partial charge in [-0.25, -0.2) is 4.39 Å². The number of nitrogens with zero attached hydrogens (tertiary/aromatic N) is 1. The maximum Gasteiger partial charge on any atom is 0.123 e. The Balaban J connectivity index is 1.99. The highest BCUT2D eigenvalue weighted by atomic mass is 32.1. The number of rotatable bonds is 2. The third kappa shape index (κ3) is 2.41. The third-order valence-electron chi connectivity index (χ3n) is 4.07. The van der Waals surface area contributed by atoms with Crippen LogP contribution in [-0.2, 0) is 0 Å². The van der Waals surface area contributed by atoms with Crippen LogP contribution in [0.1, 0.15) is 26.7 Å². The predicted molar refractivity (Wildman–Crippen MR) is 96.6 cm³/mol. The molecule has 2 aromatic carbocycles. The Labute approximate surface area is 139 Å². The standard InChI is InChI=1S/C20H16FNS/c1-12(2)13-8-9-22-18(10-13)16-5-3-4-15-17-11-14(21)6-7-19(17)23-20(15)16/h3-12H,1-2H3/i12D. The van der Waals surface area contributed by atoms with Gasteiger partial charge in [-0.05, 0) is 41.8 Å². The fourth-order valence-corrected chi connectivity index (χ4v) is 4.07. The molecular weight excluding hydrogens is 305 g/mol. The van der Waals surface area contributed by atoms with Crippen LogP contribution in [0, 0.1) is 5.82 Å². The van der Waals surface area contributed by atoms with E-state index in [1.54, 1.807) is 23.6 Å². The molecule has 0 aliphatic heterocycles. The number of hydrogen-bond donors (Lipinski definition) is 0. The summed E-state index contributed by atoms with van der Waals surface area (Å²) in [7, 11) is 0. The van der Waals surface area contributed by atoms with Gasteiger partial charge in [-0.2, -0.15) is 0 Å². The van der Waals surface area contributed by atoms with Gasteiger partial charge in [-0.15, -0.1) is 11.3 Å². The first kappa shape index (κ1) is 13.2. The number of thiophene rings is 1. The number of hydrogen-bond acceptors (Lipinski definition) is 2. The minimum absolute atomic E-state index is 0.219. The lowest BCUT2D eigenvalue weighted by molar-refractivity contribution is 0.630. The Morgan fingerprint density at radius 3 is 2.78 bits per heavy atom. The van der Waals surface area contributed by atoms with Crippen LogP contribution in [0.3, 0.4) is 0 Å². The van der Waals surface area contributed by atoms with Crippen LogP contribution in [0.5, 0.6) is 0 Å². The number of fused-ring (bicyclic) bond motifs is 3. The molecule has 114 valence electrons. The molecule has 0 spiro atoms. The van der Waals surface area contributed by atoms with E-state index in [0.717, 1.165) is 37.0 Å². The first-order valence-electron chi connectivity index (χ1n) is 8.01. The van der Waals surface area contributed by atoms with Crippen molar-refractivity contribution in [1.82, 2.24) is 4.98 Å². The van der Waals surface area contributed by atoms with Crippen molar-refractivity contribution in [3.63, 3.8) is 0 Å². The van der Waals surface area contributed by atoms with E-state index in [1.165, 1.54) is 6.07 Å². The van der Waals surface area contributed by atoms with Crippen molar-refractivity contribution < 1.29 is 5.76 Å². The van der Waals surface area contributed by atoms with E-state index >= 15 is 0 Å². The monoisotopic (exact) mass is 322 g/mol. The highest BCUT2D eigenvalue weighted by Crippen LogP contribution is 2.39. The van der Waals surface area contributed by atoms with Crippen LogP contribution < -0.4 is 0 Å². The minimum Gasteiger partial charge on any atom is -0.256 e. The van der Waals surface area contributed by atoms with Gasteiger partial charge in [-0.3, -0.25) is 4.98 Å². The van der Waals surface area contributed by atoms with E-state index in [0.29, 0.717) is 0 Å². The summed E-state index contributed by atoms with van der Waals surface area (Å²) in [5.41, 5.74) is 2.81. The van der Waals surface area contributed by atoms with E-state index in [-0.39, 0.29) is 5.82 Å². The van der Waals surface area contributed by atoms with Crippen molar-refractivity contribution in [2.24, 2.45) is 0 Å². The Morgan fingerprint density at radius 2 is 1.96 bits per heavy atom. The Kier molecular flexibility index (Phi) is 3.12. The molecule has 2 aromatic heterocycles. The van der Waals surface area contributed by atoms with Crippen molar-refractivity contribution in [1.29, 1.82) is 0 Å². The lowest BCUT2D eigenvalue weighted by atomic mass is 10.0. The molecule has 0 saturated carbocycles. The first-order valence-corrected chi connectivity index (χ1v) is 8.33. The Hall–Kier alpha value is -2.26. The molecule has 0 atom stereocenters. The largest absolute Gasteiger partial charge is 0.256 e. The van der Waals surface area contributed by atoms with Crippen LogP contribution in [-0.4, -0.2) is 4.98 Å². The molecule has 3 heteroatoms. The van der Waals surface area contributed by atoms with E-state index < -0.39 is 5.89 Å². The van der Waals surface area contributed by atoms with Gasteiger partial charge in [0.2, 0.25) is 0 Å². The summed E-state index contributed by atoms with van der Waals surface area (Å²) in [6.45, 7) is 3.74. The molecule has 0 aliphatic rings. The molecule has 0 N–H and O–H groups in total. The molecule has 0 unspecified atom stereocenters. The van der Waals surface area contributed by atoms with Crippen LogP contribution in [0.2, 0.25) is 0 Å². The molecule has 4 rings (SSSR count). The van der Waals surface area contributed by atoms with Crippen molar-refractivity contribution >= 4 is 31.5 Å². The molecule has 0 saturated heterocycles. The van der Waals surface area contributed by atoms with Crippen molar-refractivity contribution in [2.45, 2.75) is 19.7 Å². The fraction of sp³-hybridized carbons (Fsp3) is 0.150. The van der Waals surface area contributed by atoms with E-state index in [2.05, 4.69) is 4.98 Å². The van der Waals surface area contributed by atoms with Gasteiger partial charge in [0.15, 0.2) is 0 Å². The molecule has 2 heterocycles. The zero-order valence-corrected chi connectivity index (χ0v) is 13.7. The van der Waals surface area contributed by atoms with Crippen molar-refractivity contribution in [2.75, 3.05) is 0 Å². The summed E-state index contributed by atoms with van der Waals surface area (Å²) >= 11 is 1.65. The SMILES string of the molecule is [2H]C(C)(C)c1ccnc(-c2cccc3c2sc2ccc(F)cc23)c1. The molecule has 4 aromatic rings.